The summed E-state index contributed by atoms with van der Waals surface area (Å²) in [6, 6.07) is 0. The summed E-state index contributed by atoms with van der Waals surface area (Å²) in [5.41, 5.74) is 0. The average molecular weight is 199 g/mol. The van der Waals surface area contributed by atoms with E-state index >= 15 is 0 Å². The first-order chi connectivity index (χ1) is 6.18. The maximum absolute atomic E-state index is 11.4. The van der Waals surface area contributed by atoms with Crippen LogP contribution in [0.15, 0.2) is 12.2 Å². The van der Waals surface area contributed by atoms with Gasteiger partial charge >= 0.3 is 0 Å². The zero-order chi connectivity index (χ0) is 9.68. The number of carbonyl (C=O) groups excluding carboxylic acids is 1. The summed E-state index contributed by atoms with van der Waals surface area (Å²) >= 11 is 0. The number of rotatable bonds is 4. The van der Waals surface area contributed by atoms with Crippen molar-refractivity contribution in [3.8, 4) is 0 Å². The van der Waals surface area contributed by atoms with E-state index in [1.54, 1.807) is 6.08 Å². The molecule has 1 aliphatic heterocycles. The van der Waals surface area contributed by atoms with Gasteiger partial charge in [-0.1, -0.05) is 19.9 Å². The Morgan fingerprint density at radius 2 is 2.00 bits per heavy atom. The second-order valence-electron chi connectivity index (χ2n) is 3.94. The molecule has 1 heterocycles. The highest BCUT2D eigenvalue weighted by molar-refractivity contribution is 7.97. The van der Waals surface area contributed by atoms with Crippen LogP contribution in [0.2, 0.25) is 0 Å². The fraction of sp³-hybridized carbons (Fsp3) is 0.727. The van der Waals surface area contributed by atoms with Crippen molar-refractivity contribution in [1.82, 2.24) is 0 Å². The Hall–Kier alpha value is -0.240. The van der Waals surface area contributed by atoms with E-state index in [0.29, 0.717) is 22.6 Å². The summed E-state index contributed by atoms with van der Waals surface area (Å²) in [5.74, 6) is 4.22. The van der Waals surface area contributed by atoms with Crippen molar-refractivity contribution in [2.24, 2.45) is 5.92 Å². The third-order valence-corrected chi connectivity index (χ3v) is 4.55. The second kappa shape index (κ2) is 5.48. The largest absolute Gasteiger partial charge is 0.290 e. The maximum atomic E-state index is 11.4. The van der Waals surface area contributed by atoms with Gasteiger partial charge in [0.25, 0.3) is 0 Å². The van der Waals surface area contributed by atoms with Gasteiger partial charge in [-0.05, 0) is 35.7 Å². The maximum Gasteiger partial charge on any atom is 0.204 e. The molecule has 0 N–H and O–H groups in total. The van der Waals surface area contributed by atoms with Gasteiger partial charge in [0.05, 0.1) is 0 Å². The van der Waals surface area contributed by atoms with Gasteiger partial charge < -0.3 is 0 Å². The van der Waals surface area contributed by atoms with Crippen LogP contribution < -0.4 is 0 Å². The summed E-state index contributed by atoms with van der Waals surface area (Å²) in [5, 5.41) is 0. The summed E-state index contributed by atoms with van der Waals surface area (Å²) in [6.07, 6.45) is 6.45. The van der Waals surface area contributed by atoms with Gasteiger partial charge in [0.2, 0.25) is 5.78 Å². The molecule has 0 aromatic carbocycles. The molecule has 0 atom stereocenters. The van der Waals surface area contributed by atoms with Gasteiger partial charge in [0.1, 0.15) is 11.5 Å². The Kier molecular flexibility index (Phi) is 4.57. The van der Waals surface area contributed by atoms with Crippen molar-refractivity contribution in [2.75, 3.05) is 17.3 Å². The zero-order valence-electron chi connectivity index (χ0n) is 8.58. The molecule has 0 aliphatic carbocycles. The first-order valence-electron chi connectivity index (χ1n) is 5.03. The highest BCUT2D eigenvalue weighted by Gasteiger charge is 2.25. The molecule has 1 aliphatic rings. The lowest BCUT2D eigenvalue weighted by atomic mass is 10.2. The molecule has 1 fully saturated rings. The lowest BCUT2D eigenvalue weighted by Gasteiger charge is -1.97. The van der Waals surface area contributed by atoms with Crippen molar-refractivity contribution in [1.29, 1.82) is 0 Å². The minimum Gasteiger partial charge on any atom is -0.290 e. The van der Waals surface area contributed by atoms with Crippen LogP contribution in [0, 0.1) is 5.92 Å². The number of allylic oxidation sites excluding steroid dienone is 2. The van der Waals surface area contributed by atoms with E-state index in [9.17, 15) is 4.79 Å². The van der Waals surface area contributed by atoms with Crippen LogP contribution in [0.5, 0.6) is 0 Å². The molecule has 0 unspecified atom stereocenters. The number of ketones is 1. The number of hydrogen-bond acceptors (Lipinski definition) is 1. The van der Waals surface area contributed by atoms with Crippen LogP contribution in [0.3, 0.4) is 0 Å². The van der Waals surface area contributed by atoms with Crippen molar-refractivity contribution in [3.63, 3.8) is 0 Å². The Balaban J connectivity index is 2.24. The lowest BCUT2D eigenvalue weighted by Crippen LogP contribution is -2.15. The molecule has 1 saturated heterocycles. The van der Waals surface area contributed by atoms with E-state index in [-0.39, 0.29) is 0 Å². The summed E-state index contributed by atoms with van der Waals surface area (Å²) in [6.45, 7) is 4.20. The molecule has 0 radical (unpaired) electrons. The molecule has 0 saturated carbocycles. The number of carbonyl (C=O) groups is 1. The Morgan fingerprint density at radius 1 is 1.38 bits per heavy atom. The minimum absolute atomic E-state index is 0.332. The Labute approximate surface area is 83.9 Å². The lowest BCUT2D eigenvalue weighted by molar-refractivity contribution is -0.112. The molecular weight excluding hydrogens is 180 g/mol. The second-order valence-corrected chi connectivity index (χ2v) is 6.27. The van der Waals surface area contributed by atoms with Gasteiger partial charge in [-0.3, -0.25) is 4.79 Å². The molecule has 0 aromatic rings. The highest BCUT2D eigenvalue weighted by atomic mass is 32.2. The van der Waals surface area contributed by atoms with Crippen LogP contribution in [0.25, 0.3) is 0 Å². The molecule has 0 bridgehead atoms. The fourth-order valence-corrected chi connectivity index (χ4v) is 3.62. The van der Waals surface area contributed by atoms with Gasteiger partial charge in [-0.15, -0.1) is 0 Å². The molecule has 2 heteroatoms. The highest BCUT2D eigenvalue weighted by Crippen LogP contribution is 2.13. The van der Waals surface area contributed by atoms with Crippen LogP contribution in [0.1, 0.15) is 26.7 Å². The average Bonchev–Trinajstić information content (AvgIpc) is 2.53. The summed E-state index contributed by atoms with van der Waals surface area (Å²) in [4.78, 5) is 11.4. The van der Waals surface area contributed by atoms with Crippen LogP contribution in [-0.4, -0.2) is 23.0 Å². The molecule has 0 spiro atoms. The van der Waals surface area contributed by atoms with Crippen LogP contribution in [-0.2, 0) is 15.7 Å². The standard InChI is InChI=1S/C11H19OS/c1-10(2)5-6-11(12)9-13-7-3-4-8-13/h5-6,10H,3-4,7-9H2,1-2H3/q+1/b6-5+. The van der Waals surface area contributed by atoms with E-state index in [1.807, 2.05) is 6.08 Å². The van der Waals surface area contributed by atoms with Crippen molar-refractivity contribution in [3.05, 3.63) is 12.2 Å². The van der Waals surface area contributed by atoms with Gasteiger partial charge in [0.15, 0.2) is 5.75 Å². The quantitative estimate of drug-likeness (QED) is 0.501. The van der Waals surface area contributed by atoms with Gasteiger partial charge in [-0.2, -0.15) is 0 Å². The first kappa shape index (κ1) is 10.8. The van der Waals surface area contributed by atoms with Crippen LogP contribution in [0.4, 0.5) is 0 Å². The molecule has 13 heavy (non-hydrogen) atoms. The van der Waals surface area contributed by atoms with Gasteiger partial charge in [-0.25, -0.2) is 0 Å². The van der Waals surface area contributed by atoms with Crippen molar-refractivity contribution in [2.45, 2.75) is 26.7 Å². The smallest absolute Gasteiger partial charge is 0.204 e. The Morgan fingerprint density at radius 3 is 2.54 bits per heavy atom. The Bertz CT molecular complexity index is 190. The van der Waals surface area contributed by atoms with Gasteiger partial charge in [0, 0.05) is 0 Å². The van der Waals surface area contributed by atoms with E-state index in [4.69, 9.17) is 0 Å². The van der Waals surface area contributed by atoms with Crippen molar-refractivity contribution >= 4 is 16.7 Å². The molecule has 74 valence electrons. The summed E-state index contributed by atoms with van der Waals surface area (Å²) in [7, 11) is 0.427. The minimum atomic E-state index is 0.332. The molecule has 0 aromatic heterocycles. The predicted molar refractivity (Wildman–Crippen MR) is 60.2 cm³/mol. The molecule has 1 rings (SSSR count). The summed E-state index contributed by atoms with van der Waals surface area (Å²) < 4.78 is 0. The first-order valence-corrected chi connectivity index (χ1v) is 6.77. The number of hydrogen-bond donors (Lipinski definition) is 0. The zero-order valence-corrected chi connectivity index (χ0v) is 9.40. The SMILES string of the molecule is CC(C)/C=C/C(=O)C[S+]1CCCC1. The third-order valence-electron chi connectivity index (χ3n) is 2.13. The topological polar surface area (TPSA) is 17.1 Å². The fourth-order valence-electron chi connectivity index (χ4n) is 1.41. The van der Waals surface area contributed by atoms with E-state index in [1.165, 1.54) is 24.3 Å². The molecule has 1 nitrogen and oxygen atoms in total. The van der Waals surface area contributed by atoms with Crippen molar-refractivity contribution < 1.29 is 4.79 Å². The predicted octanol–water partition coefficient (Wildman–Crippen LogP) is 2.18. The normalized spacial score (nSPS) is 19.0. The third kappa shape index (κ3) is 4.51. The van der Waals surface area contributed by atoms with E-state index < -0.39 is 0 Å². The van der Waals surface area contributed by atoms with Crippen LogP contribution >= 0.6 is 0 Å². The molecule has 0 amide bonds. The van der Waals surface area contributed by atoms with E-state index in [2.05, 4.69) is 13.8 Å². The monoisotopic (exact) mass is 199 g/mol. The molecular formula is C11H19OS+. The van der Waals surface area contributed by atoms with E-state index in [0.717, 1.165) is 5.75 Å².